The van der Waals surface area contributed by atoms with Crippen molar-refractivity contribution in [3.05, 3.63) is 70.8 Å². The second-order valence-electron chi connectivity index (χ2n) is 8.63. The minimum absolute atomic E-state index is 0.0748. The number of nitrogens with one attached hydrogen (secondary N) is 1. The summed E-state index contributed by atoms with van der Waals surface area (Å²) in [7, 11) is 3.10. The average Bonchev–Trinajstić information content (AvgIpc) is 2.86. The van der Waals surface area contributed by atoms with Crippen LogP contribution in [0.4, 0.5) is 26.3 Å². The predicted molar refractivity (Wildman–Crippen MR) is 142 cm³/mol. The summed E-state index contributed by atoms with van der Waals surface area (Å²) < 4.78 is 93.4. The second-order valence-corrected chi connectivity index (χ2v) is 11.1. The standard InChI is InChI=1S/C26H31F6IN2O3/c1-18(21-11-22(25(27,28)29)13-23(12-21)26(30,31)32)38-17-33-35(15-24(36)34-2)14-20(16-37-3)10-9-19-7-5-4-6-8-19/h4-8,11-13,17-18,20H,9-10,14-16H2,1-3H3,(H,34,36)/t18-,20+/m1/s1. The molecule has 0 bridgehead atoms. The van der Waals surface area contributed by atoms with Gasteiger partial charge in [-0.2, -0.15) is 26.3 Å². The fourth-order valence-corrected chi connectivity index (χ4v) is 5.77. The molecular formula is C26H31F6IN2O3. The molecule has 0 aliphatic carbocycles. The van der Waals surface area contributed by atoms with Crippen LogP contribution in [0.3, 0.4) is 0 Å². The number of hydrogen-bond acceptors (Lipinski definition) is 4. The molecule has 212 valence electrons. The molecule has 0 radical (unpaired) electrons. The SMILES string of the molecule is CNC(=O)CN(C[C@H](CCc1ccccc1)COC)I=CO[C@H](C)c1cc(C(F)(F)F)cc(C(F)(F)F)c1. The van der Waals surface area contributed by atoms with Gasteiger partial charge in [0.2, 0.25) is 5.91 Å². The Bertz CT molecular complexity index is 1020. The van der Waals surface area contributed by atoms with E-state index in [4.69, 9.17) is 9.47 Å². The third kappa shape index (κ3) is 11.0. The van der Waals surface area contributed by atoms with E-state index < -0.39 is 50.6 Å². The molecule has 12 heteroatoms. The molecule has 0 unspecified atom stereocenters. The van der Waals surface area contributed by atoms with Gasteiger partial charge >= 0.3 is 12.4 Å². The van der Waals surface area contributed by atoms with Gasteiger partial charge in [0.25, 0.3) is 0 Å². The summed E-state index contributed by atoms with van der Waals surface area (Å²) >= 11 is -1.05. The van der Waals surface area contributed by atoms with Crippen molar-refractivity contribution < 1.29 is 40.6 Å². The first-order valence-electron chi connectivity index (χ1n) is 11.7. The molecular weight excluding hydrogens is 629 g/mol. The molecule has 2 aromatic carbocycles. The number of rotatable bonds is 13. The Hall–Kier alpha value is -2.03. The number of carbonyl (C=O) groups excluding carboxylic acids is 1. The van der Waals surface area contributed by atoms with Crippen LogP contribution in [0.15, 0.2) is 48.5 Å². The van der Waals surface area contributed by atoms with Gasteiger partial charge in [-0.3, -0.25) is 4.79 Å². The van der Waals surface area contributed by atoms with Crippen LogP contribution in [0, 0.1) is 5.92 Å². The van der Waals surface area contributed by atoms with Crippen molar-refractivity contribution in [3.8, 4) is 0 Å². The highest BCUT2D eigenvalue weighted by atomic mass is 127. The van der Waals surface area contributed by atoms with Crippen LogP contribution < -0.4 is 5.32 Å². The molecule has 0 fully saturated rings. The van der Waals surface area contributed by atoms with Crippen molar-refractivity contribution >= 4 is 31.1 Å². The number of benzene rings is 2. The quantitative estimate of drug-likeness (QED) is 0.154. The number of alkyl halides is 6. The van der Waals surface area contributed by atoms with Crippen molar-refractivity contribution in [2.24, 2.45) is 5.92 Å². The highest BCUT2D eigenvalue weighted by molar-refractivity contribution is 14.2. The normalized spacial score (nSPS) is 14.4. The summed E-state index contributed by atoms with van der Waals surface area (Å²) in [6.45, 7) is 2.43. The van der Waals surface area contributed by atoms with Crippen molar-refractivity contribution in [3.63, 3.8) is 0 Å². The fraction of sp³-hybridized carbons (Fsp3) is 0.462. The van der Waals surface area contributed by atoms with E-state index in [0.717, 1.165) is 12.8 Å². The van der Waals surface area contributed by atoms with E-state index >= 15 is 0 Å². The van der Waals surface area contributed by atoms with Crippen molar-refractivity contribution in [2.45, 2.75) is 38.2 Å². The summed E-state index contributed by atoms with van der Waals surface area (Å²) in [5.74, 6) is -0.133. The monoisotopic (exact) mass is 660 g/mol. The molecule has 0 spiro atoms. The minimum atomic E-state index is -4.94. The van der Waals surface area contributed by atoms with E-state index in [-0.39, 0.29) is 30.0 Å². The Morgan fingerprint density at radius 3 is 2.18 bits per heavy atom. The largest absolute Gasteiger partial charge is 0.416 e. The van der Waals surface area contributed by atoms with Crippen LogP contribution in [-0.2, 0) is 33.0 Å². The van der Waals surface area contributed by atoms with Crippen molar-refractivity contribution in [2.75, 3.05) is 33.9 Å². The van der Waals surface area contributed by atoms with Gasteiger partial charge < -0.3 is 14.8 Å². The number of carbonyl (C=O) groups is 1. The molecule has 1 amide bonds. The lowest BCUT2D eigenvalue weighted by Gasteiger charge is -2.23. The Balaban J connectivity index is 2.16. The van der Waals surface area contributed by atoms with Gasteiger partial charge in [-0.15, -0.1) is 0 Å². The third-order valence-electron chi connectivity index (χ3n) is 5.65. The number of methoxy groups -OCH3 is 1. The zero-order chi connectivity index (χ0) is 28.3. The number of hydrogen-bond donors (Lipinski definition) is 1. The number of likely N-dealkylation sites (N-methyl/N-ethyl adjacent to an activating group) is 1. The summed E-state index contributed by atoms with van der Waals surface area (Å²) in [5, 5.41) is 2.56. The molecule has 0 aromatic heterocycles. The van der Waals surface area contributed by atoms with Gasteiger partial charge in [0, 0.05) is 20.7 Å². The maximum absolute atomic E-state index is 13.2. The van der Waals surface area contributed by atoms with Crippen LogP contribution in [0.1, 0.15) is 41.7 Å². The van der Waals surface area contributed by atoms with Crippen LogP contribution in [0.5, 0.6) is 0 Å². The van der Waals surface area contributed by atoms with E-state index in [1.807, 2.05) is 33.4 Å². The number of aryl methyl sites for hydroxylation is 1. The number of halogens is 7. The molecule has 5 nitrogen and oxygen atoms in total. The van der Waals surface area contributed by atoms with Crippen LogP contribution in [0.2, 0.25) is 0 Å². The zero-order valence-corrected chi connectivity index (χ0v) is 23.4. The maximum Gasteiger partial charge on any atom is 0.416 e. The van der Waals surface area contributed by atoms with Crippen LogP contribution in [-0.4, -0.2) is 47.1 Å². The van der Waals surface area contributed by atoms with Crippen molar-refractivity contribution in [1.29, 1.82) is 0 Å². The van der Waals surface area contributed by atoms with E-state index in [1.54, 1.807) is 7.11 Å². The average molecular weight is 660 g/mol. The lowest BCUT2D eigenvalue weighted by Crippen LogP contribution is -2.34. The smallest absolute Gasteiger partial charge is 0.384 e. The topological polar surface area (TPSA) is 50.8 Å². The molecule has 2 atom stereocenters. The van der Waals surface area contributed by atoms with Crippen LogP contribution >= 0.6 is 21.0 Å². The summed E-state index contributed by atoms with van der Waals surface area (Å²) in [5.41, 5.74) is -1.86. The van der Waals surface area contributed by atoms with Crippen molar-refractivity contribution in [1.82, 2.24) is 8.43 Å². The van der Waals surface area contributed by atoms with Gasteiger partial charge in [0.1, 0.15) is 0 Å². The third-order valence-corrected chi connectivity index (χ3v) is 7.69. The Morgan fingerprint density at radius 1 is 1.05 bits per heavy atom. The number of amides is 1. The minimum Gasteiger partial charge on any atom is -0.384 e. The van der Waals surface area contributed by atoms with E-state index in [1.165, 1.54) is 23.7 Å². The molecule has 1 N–H and O–H groups in total. The summed E-state index contributed by atoms with van der Waals surface area (Å²) in [6, 6.07) is 11.3. The lowest BCUT2D eigenvalue weighted by molar-refractivity contribution is -0.143. The molecule has 2 aromatic rings. The van der Waals surface area contributed by atoms with Gasteiger partial charge in [0.05, 0.1) is 34.6 Å². The molecule has 0 aliphatic heterocycles. The van der Waals surface area contributed by atoms with E-state index in [9.17, 15) is 31.1 Å². The number of nitrogens with zero attached hydrogens (tertiary/aromatic N) is 1. The van der Waals surface area contributed by atoms with Gasteiger partial charge in [-0.25, -0.2) is 3.11 Å². The zero-order valence-electron chi connectivity index (χ0n) is 21.2. The Kier molecular flexibility index (Phi) is 12.7. The molecule has 38 heavy (non-hydrogen) atoms. The van der Waals surface area contributed by atoms with Gasteiger partial charge in [-0.1, -0.05) is 30.3 Å². The van der Waals surface area contributed by atoms with Gasteiger partial charge in [0.15, 0.2) is 0 Å². The van der Waals surface area contributed by atoms with Gasteiger partial charge in [-0.05, 0) is 76.0 Å². The molecule has 0 heterocycles. The lowest BCUT2D eigenvalue weighted by atomic mass is 10.00. The Morgan fingerprint density at radius 2 is 1.66 bits per heavy atom. The first-order valence-corrected chi connectivity index (χ1v) is 13.9. The molecule has 0 saturated heterocycles. The summed E-state index contributed by atoms with van der Waals surface area (Å²) in [6.07, 6.45) is -9.32. The molecule has 2 rings (SSSR count). The van der Waals surface area contributed by atoms with E-state index in [2.05, 4.69) is 5.32 Å². The highest BCUT2D eigenvalue weighted by Crippen LogP contribution is 2.37. The van der Waals surface area contributed by atoms with E-state index in [0.29, 0.717) is 25.3 Å². The highest BCUT2D eigenvalue weighted by Gasteiger charge is 2.37. The number of ether oxygens (including phenoxy) is 2. The summed E-state index contributed by atoms with van der Waals surface area (Å²) in [4.78, 5) is 12.1. The van der Waals surface area contributed by atoms with Crippen LogP contribution in [0.25, 0.3) is 0 Å². The Labute approximate surface area is 228 Å². The maximum atomic E-state index is 13.2. The predicted octanol–water partition coefficient (Wildman–Crippen LogP) is 6.39. The first kappa shape index (κ1) is 32.2. The second kappa shape index (κ2) is 14.9. The fourth-order valence-electron chi connectivity index (χ4n) is 3.58. The molecule has 0 saturated carbocycles. The first-order chi connectivity index (χ1) is 17.8. The molecule has 0 aliphatic rings.